The van der Waals surface area contributed by atoms with Crippen LogP contribution in [0, 0.1) is 5.92 Å². The molecular formula is C13H23N3O3. The van der Waals surface area contributed by atoms with Crippen molar-refractivity contribution in [2.45, 2.75) is 38.8 Å². The third-order valence-electron chi connectivity index (χ3n) is 4.03. The normalized spacial score (nSPS) is 31.7. The topological polar surface area (TPSA) is 72.9 Å². The fourth-order valence-electron chi connectivity index (χ4n) is 2.69. The van der Waals surface area contributed by atoms with Crippen LogP contribution in [-0.2, 0) is 4.79 Å². The summed E-state index contributed by atoms with van der Waals surface area (Å²) in [5.41, 5.74) is -0.789. The van der Waals surface area contributed by atoms with Gasteiger partial charge in [0.15, 0.2) is 0 Å². The quantitative estimate of drug-likeness (QED) is 0.708. The lowest BCUT2D eigenvalue weighted by molar-refractivity contribution is -0.130. The lowest BCUT2D eigenvalue weighted by atomic mass is 9.97. The lowest BCUT2D eigenvalue weighted by Crippen LogP contribution is -2.46. The fourth-order valence-corrected chi connectivity index (χ4v) is 2.69. The molecule has 0 radical (unpaired) electrons. The van der Waals surface area contributed by atoms with Crippen LogP contribution in [0.2, 0.25) is 0 Å². The van der Waals surface area contributed by atoms with Gasteiger partial charge in [-0.1, -0.05) is 6.92 Å². The molecule has 2 fully saturated rings. The van der Waals surface area contributed by atoms with E-state index >= 15 is 0 Å². The Morgan fingerprint density at radius 3 is 2.58 bits per heavy atom. The first-order chi connectivity index (χ1) is 8.81. The molecule has 2 rings (SSSR count). The summed E-state index contributed by atoms with van der Waals surface area (Å²) >= 11 is 0. The summed E-state index contributed by atoms with van der Waals surface area (Å²) in [4.78, 5) is 27.2. The highest BCUT2D eigenvalue weighted by Crippen LogP contribution is 2.18. The number of hydrogen-bond donors (Lipinski definition) is 2. The highest BCUT2D eigenvalue weighted by Gasteiger charge is 2.44. The van der Waals surface area contributed by atoms with Crippen molar-refractivity contribution in [1.82, 2.24) is 15.1 Å². The smallest absolute Gasteiger partial charge is 0.325 e. The molecule has 0 aliphatic carbocycles. The minimum absolute atomic E-state index is 0.164. The summed E-state index contributed by atoms with van der Waals surface area (Å²) in [6, 6.07) is -0.305. The molecule has 2 aliphatic rings. The average molecular weight is 269 g/mol. The number of aliphatic hydroxyl groups excluding tert-OH is 1. The molecule has 2 aliphatic heterocycles. The Bertz CT molecular complexity index is 383. The van der Waals surface area contributed by atoms with E-state index < -0.39 is 5.54 Å². The molecule has 6 heteroatoms. The molecule has 6 nitrogen and oxygen atoms in total. The average Bonchev–Trinajstić information content (AvgIpc) is 2.51. The van der Waals surface area contributed by atoms with Crippen LogP contribution in [-0.4, -0.2) is 64.7 Å². The molecule has 3 amide bonds. The second-order valence-corrected chi connectivity index (χ2v) is 6.15. The fraction of sp³-hybridized carbons (Fsp3) is 0.846. The second kappa shape index (κ2) is 5.09. The molecule has 2 N–H and O–H groups in total. The van der Waals surface area contributed by atoms with Gasteiger partial charge >= 0.3 is 6.03 Å². The van der Waals surface area contributed by atoms with Crippen LogP contribution in [0.4, 0.5) is 4.79 Å². The van der Waals surface area contributed by atoms with Crippen molar-refractivity contribution in [1.29, 1.82) is 0 Å². The zero-order chi connectivity index (χ0) is 14.2. The summed E-state index contributed by atoms with van der Waals surface area (Å²) in [6.45, 7) is 8.17. The second-order valence-electron chi connectivity index (χ2n) is 6.15. The summed E-state index contributed by atoms with van der Waals surface area (Å²) in [7, 11) is 0. The van der Waals surface area contributed by atoms with Crippen molar-refractivity contribution in [3.63, 3.8) is 0 Å². The van der Waals surface area contributed by atoms with E-state index in [-0.39, 0.29) is 24.0 Å². The number of nitrogens with zero attached hydrogens (tertiary/aromatic N) is 2. The van der Waals surface area contributed by atoms with Crippen LogP contribution < -0.4 is 5.32 Å². The number of nitrogens with one attached hydrogen (secondary N) is 1. The predicted octanol–water partition coefficient (Wildman–Crippen LogP) is 0.0195. The Hall–Kier alpha value is -1.14. The van der Waals surface area contributed by atoms with Gasteiger partial charge in [0, 0.05) is 26.2 Å². The molecule has 0 aromatic carbocycles. The highest BCUT2D eigenvalue weighted by molar-refractivity contribution is 6.06. The van der Waals surface area contributed by atoms with Gasteiger partial charge in [-0.2, -0.15) is 0 Å². The molecule has 2 atom stereocenters. The maximum absolute atomic E-state index is 12.0. The van der Waals surface area contributed by atoms with Gasteiger partial charge in [0.1, 0.15) is 5.54 Å². The lowest BCUT2D eigenvalue weighted by Gasteiger charge is -2.34. The molecule has 2 unspecified atom stereocenters. The first-order valence-electron chi connectivity index (χ1n) is 6.86. The van der Waals surface area contributed by atoms with Crippen LogP contribution in [0.25, 0.3) is 0 Å². The number of imide groups is 1. The Labute approximate surface area is 113 Å². The summed E-state index contributed by atoms with van der Waals surface area (Å²) in [5, 5.41) is 12.3. The van der Waals surface area contributed by atoms with Gasteiger partial charge in [0.25, 0.3) is 5.91 Å². The molecule has 0 spiro atoms. The largest absolute Gasteiger partial charge is 0.393 e. The number of hydrogen-bond acceptors (Lipinski definition) is 4. The minimum atomic E-state index is -0.789. The van der Waals surface area contributed by atoms with Crippen molar-refractivity contribution in [3.05, 3.63) is 0 Å². The standard InChI is InChI=1S/C13H23N3O3/c1-9-8-15(5-4-10(9)17)6-7-16-11(18)13(2,3)14-12(16)19/h9-10,17H,4-8H2,1-3H3,(H,14,19). The molecule has 2 saturated heterocycles. The number of aliphatic hydroxyl groups is 1. The van der Waals surface area contributed by atoms with Gasteiger partial charge in [0.05, 0.1) is 6.10 Å². The van der Waals surface area contributed by atoms with E-state index in [1.54, 1.807) is 13.8 Å². The third kappa shape index (κ3) is 2.90. The molecule has 108 valence electrons. The molecular weight excluding hydrogens is 246 g/mol. The number of piperidine rings is 1. The van der Waals surface area contributed by atoms with Crippen LogP contribution in [0.1, 0.15) is 27.2 Å². The summed E-state index contributed by atoms with van der Waals surface area (Å²) in [6.07, 6.45) is 0.527. The van der Waals surface area contributed by atoms with Crippen LogP contribution >= 0.6 is 0 Å². The SMILES string of the molecule is CC1CN(CCN2C(=O)NC(C)(C)C2=O)CCC1O. The van der Waals surface area contributed by atoms with Crippen molar-refractivity contribution < 1.29 is 14.7 Å². The van der Waals surface area contributed by atoms with Crippen LogP contribution in [0.15, 0.2) is 0 Å². The summed E-state index contributed by atoms with van der Waals surface area (Å²) < 4.78 is 0. The monoisotopic (exact) mass is 269 g/mol. The van der Waals surface area contributed by atoms with E-state index in [1.165, 1.54) is 4.90 Å². The zero-order valence-corrected chi connectivity index (χ0v) is 11.8. The first kappa shape index (κ1) is 14.3. The van der Waals surface area contributed by atoms with Crippen LogP contribution in [0.3, 0.4) is 0 Å². The van der Waals surface area contributed by atoms with E-state index in [4.69, 9.17) is 0 Å². The van der Waals surface area contributed by atoms with Crippen molar-refractivity contribution in [2.24, 2.45) is 5.92 Å². The Balaban J connectivity index is 1.86. The van der Waals surface area contributed by atoms with E-state index in [2.05, 4.69) is 10.2 Å². The zero-order valence-electron chi connectivity index (χ0n) is 11.8. The van der Waals surface area contributed by atoms with E-state index in [1.807, 2.05) is 6.92 Å². The number of rotatable bonds is 3. The minimum Gasteiger partial charge on any atom is -0.393 e. The van der Waals surface area contributed by atoms with Gasteiger partial charge in [-0.25, -0.2) is 4.79 Å². The van der Waals surface area contributed by atoms with Gasteiger partial charge in [-0.15, -0.1) is 0 Å². The predicted molar refractivity (Wildman–Crippen MR) is 70.6 cm³/mol. The molecule has 19 heavy (non-hydrogen) atoms. The third-order valence-corrected chi connectivity index (χ3v) is 4.03. The number of urea groups is 1. The molecule has 0 aromatic rings. The number of carbonyl (C=O) groups excluding carboxylic acids is 2. The summed E-state index contributed by atoms with van der Waals surface area (Å²) in [5.74, 6) is 0.0795. The van der Waals surface area contributed by atoms with E-state index in [0.29, 0.717) is 13.1 Å². The maximum Gasteiger partial charge on any atom is 0.325 e. The Morgan fingerprint density at radius 1 is 1.37 bits per heavy atom. The highest BCUT2D eigenvalue weighted by atomic mass is 16.3. The van der Waals surface area contributed by atoms with E-state index in [9.17, 15) is 14.7 Å². The number of carbonyl (C=O) groups is 2. The van der Waals surface area contributed by atoms with Gasteiger partial charge in [-0.3, -0.25) is 9.69 Å². The molecule has 2 heterocycles. The van der Waals surface area contributed by atoms with Gasteiger partial charge in [0.2, 0.25) is 0 Å². The molecule has 0 saturated carbocycles. The van der Waals surface area contributed by atoms with Gasteiger partial charge in [-0.05, 0) is 26.2 Å². The maximum atomic E-state index is 12.0. The number of likely N-dealkylation sites (tertiary alicyclic amines) is 1. The van der Waals surface area contributed by atoms with Crippen molar-refractivity contribution in [2.75, 3.05) is 26.2 Å². The first-order valence-corrected chi connectivity index (χ1v) is 6.86. The Kier molecular flexibility index (Phi) is 3.82. The van der Waals surface area contributed by atoms with Crippen LogP contribution in [0.5, 0.6) is 0 Å². The van der Waals surface area contributed by atoms with E-state index in [0.717, 1.165) is 19.5 Å². The van der Waals surface area contributed by atoms with Crippen molar-refractivity contribution >= 4 is 11.9 Å². The Morgan fingerprint density at radius 2 is 2.05 bits per heavy atom. The molecule has 0 aromatic heterocycles. The van der Waals surface area contributed by atoms with Gasteiger partial charge < -0.3 is 15.3 Å². The molecule has 0 bridgehead atoms. The number of amides is 3. The van der Waals surface area contributed by atoms with Crippen molar-refractivity contribution in [3.8, 4) is 0 Å².